The maximum atomic E-state index is 6.61. The highest BCUT2D eigenvalue weighted by Gasteiger charge is 2.20. The lowest BCUT2D eigenvalue weighted by Gasteiger charge is -2.10. The van der Waals surface area contributed by atoms with Gasteiger partial charge in [0.05, 0.1) is 22.1 Å². The summed E-state index contributed by atoms with van der Waals surface area (Å²) in [6.45, 7) is 0. The largest absolute Gasteiger partial charge is 0.456 e. The highest BCUT2D eigenvalue weighted by Crippen LogP contribution is 2.43. The van der Waals surface area contributed by atoms with E-state index in [0.29, 0.717) is 17.5 Å². The third kappa shape index (κ3) is 5.95. The molecule has 0 bridgehead atoms. The fourth-order valence-electron chi connectivity index (χ4n) is 10.8. The molecule has 0 N–H and O–H groups in total. The first-order chi connectivity index (χ1) is 34.7. The van der Waals surface area contributed by atoms with Gasteiger partial charge in [0.2, 0.25) is 0 Å². The van der Waals surface area contributed by atoms with Crippen molar-refractivity contribution in [3.8, 4) is 56.7 Å². The van der Waals surface area contributed by atoms with Gasteiger partial charge in [-0.3, -0.25) is 0 Å². The van der Waals surface area contributed by atoms with E-state index in [-0.39, 0.29) is 0 Å². The molecule has 0 fully saturated rings. The van der Waals surface area contributed by atoms with Crippen LogP contribution in [0.15, 0.2) is 229 Å². The van der Waals surface area contributed by atoms with Crippen LogP contribution < -0.4 is 0 Å². The molecule has 0 radical (unpaired) electrons. The van der Waals surface area contributed by atoms with Gasteiger partial charge in [-0.15, -0.1) is 11.3 Å². The molecule has 326 valence electrons. The average molecular weight is 912 g/mol. The van der Waals surface area contributed by atoms with Gasteiger partial charge >= 0.3 is 0 Å². The molecule has 0 unspecified atom stereocenters. The zero-order chi connectivity index (χ0) is 45.9. The van der Waals surface area contributed by atoms with Crippen molar-refractivity contribution >= 4 is 97.1 Å². The Morgan fingerprint density at radius 3 is 1.66 bits per heavy atom. The first-order valence-electron chi connectivity index (χ1n) is 23.5. The molecular formula is C63H37N5OS. The molecule has 0 atom stereocenters. The molecule has 0 amide bonds. The van der Waals surface area contributed by atoms with Gasteiger partial charge in [-0.2, -0.15) is 0 Å². The lowest BCUT2D eigenvalue weighted by atomic mass is 10.00. The van der Waals surface area contributed by atoms with Gasteiger partial charge in [0.1, 0.15) is 11.2 Å². The molecule has 0 spiro atoms. The van der Waals surface area contributed by atoms with Crippen LogP contribution >= 0.6 is 11.3 Å². The Balaban J connectivity index is 0.842. The van der Waals surface area contributed by atoms with E-state index in [9.17, 15) is 0 Å². The molecule has 6 nitrogen and oxygen atoms in total. The number of furan rings is 1. The van der Waals surface area contributed by atoms with Gasteiger partial charge < -0.3 is 13.6 Å². The van der Waals surface area contributed by atoms with Gasteiger partial charge in [0.25, 0.3) is 0 Å². The van der Waals surface area contributed by atoms with Crippen LogP contribution in [0.5, 0.6) is 0 Å². The van der Waals surface area contributed by atoms with Crippen LogP contribution in [0.3, 0.4) is 0 Å². The molecule has 15 rings (SSSR count). The number of thiophene rings is 1. The average Bonchev–Trinajstić information content (AvgIpc) is 4.18. The zero-order valence-corrected chi connectivity index (χ0v) is 38.2. The van der Waals surface area contributed by atoms with Crippen LogP contribution in [-0.2, 0) is 0 Å². The monoisotopic (exact) mass is 911 g/mol. The maximum absolute atomic E-state index is 6.61. The fourth-order valence-corrected chi connectivity index (χ4v) is 12.0. The molecular weight excluding hydrogens is 875 g/mol. The van der Waals surface area contributed by atoms with Crippen LogP contribution in [0.2, 0.25) is 0 Å². The summed E-state index contributed by atoms with van der Waals surface area (Å²) >= 11 is 1.80. The standard InChI is InChI=1S/C63H37N5OS/c1-3-14-38(15-4-1)61-64-62(41-27-30-47-51-37-43(29-33-56(51)69-57(47)35-41)68-52-22-10-7-18-44(52)45-19-8-11-23-53(45)68)66-63(65-61)49-21-13-25-58-60(49)48-31-26-40(36-59(48)70-58)39-28-32-55-50(34-39)46-20-9-12-24-54(46)67(55)42-16-5-2-6-17-42/h1-37H. The topological polar surface area (TPSA) is 61.7 Å². The van der Waals surface area contributed by atoms with Crippen molar-refractivity contribution < 1.29 is 4.42 Å². The summed E-state index contributed by atoms with van der Waals surface area (Å²) in [6, 6.07) is 79.7. The summed E-state index contributed by atoms with van der Waals surface area (Å²) in [5, 5.41) is 9.34. The Kier molecular flexibility index (Phi) is 8.43. The summed E-state index contributed by atoms with van der Waals surface area (Å²) < 4.78 is 13.7. The predicted molar refractivity (Wildman–Crippen MR) is 290 cm³/mol. The minimum Gasteiger partial charge on any atom is -0.456 e. The van der Waals surface area contributed by atoms with Crippen molar-refractivity contribution in [2.45, 2.75) is 0 Å². The summed E-state index contributed by atoms with van der Waals surface area (Å²) in [5.74, 6) is 1.82. The third-order valence-corrected chi connectivity index (χ3v) is 15.1. The second-order valence-corrected chi connectivity index (χ2v) is 19.0. The van der Waals surface area contributed by atoms with E-state index in [1.54, 1.807) is 11.3 Å². The van der Waals surface area contributed by atoms with Gasteiger partial charge in [0, 0.05) is 80.6 Å². The molecule has 5 aromatic heterocycles. The SMILES string of the molecule is c1ccc(-c2nc(-c3ccc4c(c3)oc3ccc(-n5c6ccccc6c6ccccc65)cc34)nc(-c3cccc4sc5cc(-c6ccc7c(c6)c6ccccc6n7-c6ccccc6)ccc5c34)n2)cc1. The van der Waals surface area contributed by atoms with Crippen molar-refractivity contribution in [2.75, 3.05) is 0 Å². The van der Waals surface area contributed by atoms with E-state index in [0.717, 1.165) is 55.4 Å². The number of hydrogen-bond donors (Lipinski definition) is 0. The van der Waals surface area contributed by atoms with E-state index >= 15 is 0 Å². The van der Waals surface area contributed by atoms with Crippen molar-refractivity contribution in [1.29, 1.82) is 0 Å². The van der Waals surface area contributed by atoms with Crippen LogP contribution in [0.25, 0.3) is 142 Å². The van der Waals surface area contributed by atoms with Crippen LogP contribution in [-0.4, -0.2) is 24.1 Å². The highest BCUT2D eigenvalue weighted by atomic mass is 32.1. The number of hydrogen-bond acceptors (Lipinski definition) is 5. The van der Waals surface area contributed by atoms with Gasteiger partial charge in [-0.1, -0.05) is 140 Å². The summed E-state index contributed by atoms with van der Waals surface area (Å²) in [5.41, 5.74) is 13.7. The van der Waals surface area contributed by atoms with E-state index in [1.165, 1.54) is 69.5 Å². The Morgan fingerprint density at radius 1 is 0.314 bits per heavy atom. The number of rotatable bonds is 6. The highest BCUT2D eigenvalue weighted by molar-refractivity contribution is 7.26. The molecule has 5 heterocycles. The fraction of sp³-hybridized carbons (Fsp3) is 0. The molecule has 10 aromatic carbocycles. The van der Waals surface area contributed by atoms with Gasteiger partial charge in [0.15, 0.2) is 17.5 Å². The molecule has 0 saturated carbocycles. The minimum absolute atomic E-state index is 0.583. The second-order valence-electron chi connectivity index (χ2n) is 17.9. The Morgan fingerprint density at radius 2 is 0.900 bits per heavy atom. The van der Waals surface area contributed by atoms with Crippen molar-refractivity contribution in [2.24, 2.45) is 0 Å². The molecule has 0 aliphatic heterocycles. The van der Waals surface area contributed by atoms with Crippen molar-refractivity contribution in [3.05, 3.63) is 224 Å². The quantitative estimate of drug-likeness (QED) is 0.167. The molecule has 0 aliphatic rings. The zero-order valence-electron chi connectivity index (χ0n) is 37.4. The Labute approximate surface area is 404 Å². The molecule has 0 aliphatic carbocycles. The van der Waals surface area contributed by atoms with E-state index in [1.807, 2.05) is 18.2 Å². The Hall–Kier alpha value is -9.17. The number of benzene rings is 10. The number of nitrogens with zero attached hydrogens (tertiary/aromatic N) is 5. The van der Waals surface area contributed by atoms with Gasteiger partial charge in [-0.05, 0) is 96.1 Å². The third-order valence-electron chi connectivity index (χ3n) is 14.0. The lowest BCUT2D eigenvalue weighted by molar-refractivity contribution is 0.669. The van der Waals surface area contributed by atoms with Crippen molar-refractivity contribution in [3.63, 3.8) is 0 Å². The number of para-hydroxylation sites is 4. The molecule has 70 heavy (non-hydrogen) atoms. The van der Waals surface area contributed by atoms with Crippen LogP contribution in [0, 0.1) is 0 Å². The van der Waals surface area contributed by atoms with E-state index in [4.69, 9.17) is 19.4 Å². The first kappa shape index (κ1) is 38.9. The second kappa shape index (κ2) is 15.2. The smallest absolute Gasteiger partial charge is 0.164 e. The summed E-state index contributed by atoms with van der Waals surface area (Å²) in [6.07, 6.45) is 0. The first-order valence-corrected chi connectivity index (χ1v) is 24.3. The number of aromatic nitrogens is 5. The van der Waals surface area contributed by atoms with Crippen LogP contribution in [0.4, 0.5) is 0 Å². The summed E-state index contributed by atoms with van der Waals surface area (Å²) in [7, 11) is 0. The molecule has 7 heteroatoms. The normalized spacial score (nSPS) is 12.0. The van der Waals surface area contributed by atoms with Crippen LogP contribution in [0.1, 0.15) is 0 Å². The predicted octanol–water partition coefficient (Wildman–Crippen LogP) is 17.0. The lowest BCUT2D eigenvalue weighted by Crippen LogP contribution is -2.00. The van der Waals surface area contributed by atoms with E-state index < -0.39 is 0 Å². The summed E-state index contributed by atoms with van der Waals surface area (Å²) in [4.78, 5) is 15.6. The Bertz CT molecular complexity index is 4550. The minimum atomic E-state index is 0.583. The molecule has 0 saturated heterocycles. The number of fused-ring (bicyclic) bond motifs is 12. The maximum Gasteiger partial charge on any atom is 0.164 e. The van der Waals surface area contributed by atoms with Crippen molar-refractivity contribution in [1.82, 2.24) is 24.1 Å². The molecule has 15 aromatic rings. The van der Waals surface area contributed by atoms with E-state index in [2.05, 4.69) is 215 Å². The van der Waals surface area contributed by atoms with Gasteiger partial charge in [-0.25, -0.2) is 15.0 Å².